The van der Waals surface area contributed by atoms with Crippen LogP contribution in [0, 0.1) is 6.92 Å². The molecule has 0 atom stereocenters. The molecule has 0 saturated carbocycles. The van der Waals surface area contributed by atoms with E-state index in [9.17, 15) is 4.79 Å². The van der Waals surface area contributed by atoms with Crippen LogP contribution in [0.25, 0.3) is 0 Å². The third-order valence-electron chi connectivity index (χ3n) is 2.17. The molecule has 0 aliphatic heterocycles. The van der Waals surface area contributed by atoms with E-state index in [0.29, 0.717) is 5.56 Å². The summed E-state index contributed by atoms with van der Waals surface area (Å²) in [5.74, 6) is -0.327. The van der Waals surface area contributed by atoms with Crippen LogP contribution in [0.15, 0.2) is 18.2 Å². The summed E-state index contributed by atoms with van der Waals surface area (Å²) in [5, 5.41) is 0.984. The number of hydrogen-bond donors (Lipinski definition) is 0. The number of ether oxygens (including phenoxy) is 1. The fraction of sp³-hybridized carbons (Fsp3) is 0.333. The third kappa shape index (κ3) is 3.34. The third-order valence-corrected chi connectivity index (χ3v) is 2.73. The van der Waals surface area contributed by atoms with Gasteiger partial charge in [0.2, 0.25) is 0 Å². The van der Waals surface area contributed by atoms with Gasteiger partial charge in [0.1, 0.15) is 0 Å². The highest BCUT2D eigenvalue weighted by atomic mass is 79.9. The molecular weight excluding hydrogens is 256 g/mol. The van der Waals surface area contributed by atoms with Gasteiger partial charge in [-0.15, -0.1) is 0 Å². The van der Waals surface area contributed by atoms with Crippen molar-refractivity contribution in [2.75, 3.05) is 12.4 Å². The normalized spacial score (nSPS) is 10.1. The lowest BCUT2D eigenvalue weighted by molar-refractivity contribution is 0.0600. The zero-order chi connectivity index (χ0) is 11.3. The van der Waals surface area contributed by atoms with Gasteiger partial charge in [-0.25, -0.2) is 4.79 Å². The Morgan fingerprint density at radius 3 is 2.80 bits per heavy atom. The molecule has 1 rings (SSSR count). The molecule has 0 N–H and O–H groups in total. The quantitative estimate of drug-likeness (QED) is 0.621. The Balaban J connectivity index is 2.83. The Labute approximate surface area is 98.8 Å². The summed E-state index contributed by atoms with van der Waals surface area (Å²) in [6, 6.07) is 5.66. The first kappa shape index (κ1) is 12.2. The summed E-state index contributed by atoms with van der Waals surface area (Å²) < 4.78 is 4.65. The standard InChI is InChI=1S/C12H14BrO2/c1-9-8-10(4-3-7-13)5-6-11(9)12(14)15-2/h5-6,8H,1,3-4,7H2,2H3. The summed E-state index contributed by atoms with van der Waals surface area (Å²) in [5.41, 5.74) is 2.47. The summed E-state index contributed by atoms with van der Waals surface area (Å²) in [6.45, 7) is 3.85. The molecule has 1 aromatic rings. The molecule has 81 valence electrons. The number of methoxy groups -OCH3 is 1. The van der Waals surface area contributed by atoms with Gasteiger partial charge < -0.3 is 4.74 Å². The van der Waals surface area contributed by atoms with Crippen LogP contribution in [-0.2, 0) is 11.2 Å². The van der Waals surface area contributed by atoms with Gasteiger partial charge in [0, 0.05) is 5.33 Å². The van der Waals surface area contributed by atoms with Crippen LogP contribution < -0.4 is 0 Å². The number of benzene rings is 1. The van der Waals surface area contributed by atoms with Gasteiger partial charge in [-0.05, 0) is 37.0 Å². The van der Waals surface area contributed by atoms with Gasteiger partial charge in [0.05, 0.1) is 12.7 Å². The second kappa shape index (κ2) is 5.91. The minimum atomic E-state index is -0.327. The number of esters is 1. The molecule has 0 aliphatic rings. The van der Waals surface area contributed by atoms with Gasteiger partial charge in [-0.1, -0.05) is 28.1 Å². The fourth-order valence-corrected chi connectivity index (χ4v) is 1.66. The molecule has 15 heavy (non-hydrogen) atoms. The van der Waals surface area contributed by atoms with E-state index in [-0.39, 0.29) is 5.97 Å². The number of rotatable bonds is 4. The van der Waals surface area contributed by atoms with Crippen molar-refractivity contribution < 1.29 is 9.53 Å². The van der Waals surface area contributed by atoms with Crippen molar-refractivity contribution >= 4 is 21.9 Å². The van der Waals surface area contributed by atoms with Gasteiger partial charge in [-0.3, -0.25) is 0 Å². The predicted octanol–water partition coefficient (Wildman–Crippen LogP) is 2.98. The van der Waals surface area contributed by atoms with E-state index in [1.54, 1.807) is 6.07 Å². The molecule has 0 aromatic heterocycles. The molecule has 1 radical (unpaired) electrons. The number of carbonyl (C=O) groups excluding carboxylic acids is 1. The zero-order valence-corrected chi connectivity index (χ0v) is 10.3. The Morgan fingerprint density at radius 1 is 1.53 bits per heavy atom. The molecular formula is C12H14BrO2. The lowest BCUT2D eigenvalue weighted by Gasteiger charge is -2.06. The van der Waals surface area contributed by atoms with E-state index >= 15 is 0 Å². The first-order chi connectivity index (χ1) is 7.19. The molecule has 0 unspecified atom stereocenters. The van der Waals surface area contributed by atoms with E-state index in [2.05, 4.69) is 27.6 Å². The summed E-state index contributed by atoms with van der Waals surface area (Å²) in [7, 11) is 1.38. The Morgan fingerprint density at radius 2 is 2.27 bits per heavy atom. The largest absolute Gasteiger partial charge is 0.465 e. The minimum Gasteiger partial charge on any atom is -0.465 e. The SMILES string of the molecule is [CH2]c1cc(CCCBr)ccc1C(=O)OC. The fourth-order valence-electron chi connectivity index (χ4n) is 1.38. The maximum absolute atomic E-state index is 11.3. The number of carbonyl (C=O) groups is 1. The van der Waals surface area contributed by atoms with E-state index in [4.69, 9.17) is 0 Å². The minimum absolute atomic E-state index is 0.327. The van der Waals surface area contributed by atoms with Crippen LogP contribution >= 0.6 is 15.9 Å². The van der Waals surface area contributed by atoms with E-state index in [1.165, 1.54) is 12.7 Å². The number of halogens is 1. The average Bonchev–Trinajstić information content (AvgIpc) is 2.25. The molecule has 0 saturated heterocycles. The van der Waals surface area contributed by atoms with Crippen molar-refractivity contribution in [3.05, 3.63) is 41.8 Å². The molecule has 0 spiro atoms. The summed E-state index contributed by atoms with van der Waals surface area (Å²) >= 11 is 3.38. The lowest BCUT2D eigenvalue weighted by Crippen LogP contribution is -2.04. The van der Waals surface area contributed by atoms with Crippen molar-refractivity contribution in [1.82, 2.24) is 0 Å². The molecule has 2 nitrogen and oxygen atoms in total. The smallest absolute Gasteiger partial charge is 0.338 e. The van der Waals surface area contributed by atoms with Crippen LogP contribution in [0.1, 0.15) is 27.9 Å². The highest BCUT2D eigenvalue weighted by molar-refractivity contribution is 9.09. The number of alkyl halides is 1. The van der Waals surface area contributed by atoms with Crippen molar-refractivity contribution in [2.45, 2.75) is 12.8 Å². The first-order valence-corrected chi connectivity index (χ1v) is 5.90. The zero-order valence-electron chi connectivity index (χ0n) is 8.75. The van der Waals surface area contributed by atoms with E-state index < -0.39 is 0 Å². The van der Waals surface area contributed by atoms with Crippen LogP contribution in [0.2, 0.25) is 0 Å². The first-order valence-electron chi connectivity index (χ1n) is 4.78. The van der Waals surface area contributed by atoms with Gasteiger partial charge >= 0.3 is 5.97 Å². The van der Waals surface area contributed by atoms with Crippen molar-refractivity contribution in [3.63, 3.8) is 0 Å². The summed E-state index contributed by atoms with van der Waals surface area (Å²) in [4.78, 5) is 11.3. The predicted molar refractivity (Wildman–Crippen MR) is 64.4 cm³/mol. The monoisotopic (exact) mass is 269 g/mol. The molecule has 3 heteroatoms. The Hall–Kier alpha value is -0.830. The lowest BCUT2D eigenvalue weighted by atomic mass is 10.0. The second-order valence-electron chi connectivity index (χ2n) is 3.28. The highest BCUT2D eigenvalue weighted by Crippen LogP contribution is 2.13. The van der Waals surface area contributed by atoms with Crippen molar-refractivity contribution in [3.8, 4) is 0 Å². The van der Waals surface area contributed by atoms with Gasteiger partial charge in [0.25, 0.3) is 0 Å². The van der Waals surface area contributed by atoms with Crippen molar-refractivity contribution in [1.29, 1.82) is 0 Å². The topological polar surface area (TPSA) is 26.3 Å². The maximum atomic E-state index is 11.3. The Bertz CT molecular complexity index is 347. The molecule has 0 heterocycles. The van der Waals surface area contributed by atoms with Crippen LogP contribution in [-0.4, -0.2) is 18.4 Å². The molecule has 0 aliphatic carbocycles. The molecule has 1 aromatic carbocycles. The van der Waals surface area contributed by atoms with Crippen LogP contribution in [0.5, 0.6) is 0 Å². The summed E-state index contributed by atoms with van der Waals surface area (Å²) in [6.07, 6.45) is 2.08. The maximum Gasteiger partial charge on any atom is 0.338 e. The second-order valence-corrected chi connectivity index (χ2v) is 4.07. The molecule has 0 fully saturated rings. The highest BCUT2D eigenvalue weighted by Gasteiger charge is 2.08. The molecule has 0 bridgehead atoms. The average molecular weight is 270 g/mol. The number of hydrogen-bond acceptors (Lipinski definition) is 2. The van der Waals surface area contributed by atoms with E-state index in [0.717, 1.165) is 23.7 Å². The van der Waals surface area contributed by atoms with Gasteiger partial charge in [-0.2, -0.15) is 0 Å². The molecule has 0 amide bonds. The number of aryl methyl sites for hydroxylation is 1. The van der Waals surface area contributed by atoms with Gasteiger partial charge in [0.15, 0.2) is 0 Å². The van der Waals surface area contributed by atoms with Crippen LogP contribution in [0.4, 0.5) is 0 Å². The van der Waals surface area contributed by atoms with Crippen LogP contribution in [0.3, 0.4) is 0 Å². The van der Waals surface area contributed by atoms with E-state index in [1.807, 2.05) is 12.1 Å². The van der Waals surface area contributed by atoms with Crippen molar-refractivity contribution in [2.24, 2.45) is 0 Å². The Kier molecular flexibility index (Phi) is 4.82.